The van der Waals surface area contributed by atoms with Crippen LogP contribution in [-0.4, -0.2) is 11.8 Å². The quantitative estimate of drug-likeness (QED) is 0.711. The highest BCUT2D eigenvalue weighted by Crippen LogP contribution is 2.47. The SMILES string of the molecule is Cc1ccc(N2C(=O)CC3(CCCC3)C2=O)cc1. The molecule has 3 nitrogen and oxygen atoms in total. The van der Waals surface area contributed by atoms with Gasteiger partial charge in [0.15, 0.2) is 0 Å². The summed E-state index contributed by atoms with van der Waals surface area (Å²) in [6, 6.07) is 7.60. The number of hydrogen-bond acceptors (Lipinski definition) is 2. The van der Waals surface area contributed by atoms with Gasteiger partial charge in [-0.3, -0.25) is 14.5 Å². The molecule has 94 valence electrons. The molecular weight excluding hydrogens is 226 g/mol. The number of benzene rings is 1. The van der Waals surface area contributed by atoms with Gasteiger partial charge in [0, 0.05) is 6.42 Å². The van der Waals surface area contributed by atoms with E-state index in [1.54, 1.807) is 0 Å². The number of anilines is 1. The summed E-state index contributed by atoms with van der Waals surface area (Å²) in [4.78, 5) is 26.1. The van der Waals surface area contributed by atoms with Gasteiger partial charge in [-0.15, -0.1) is 0 Å². The largest absolute Gasteiger partial charge is 0.274 e. The minimum Gasteiger partial charge on any atom is -0.274 e. The fraction of sp³-hybridized carbons (Fsp3) is 0.467. The van der Waals surface area contributed by atoms with Crippen LogP contribution in [0, 0.1) is 12.3 Å². The van der Waals surface area contributed by atoms with Crippen LogP contribution in [0.5, 0.6) is 0 Å². The van der Waals surface area contributed by atoms with E-state index < -0.39 is 0 Å². The van der Waals surface area contributed by atoms with Crippen molar-refractivity contribution in [2.75, 3.05) is 4.90 Å². The van der Waals surface area contributed by atoms with Gasteiger partial charge in [0.25, 0.3) is 0 Å². The first-order chi connectivity index (χ1) is 8.62. The first-order valence-corrected chi connectivity index (χ1v) is 6.56. The van der Waals surface area contributed by atoms with Gasteiger partial charge >= 0.3 is 0 Å². The monoisotopic (exact) mass is 243 g/mol. The van der Waals surface area contributed by atoms with Crippen LogP contribution >= 0.6 is 0 Å². The second kappa shape index (κ2) is 3.94. The van der Waals surface area contributed by atoms with Crippen LogP contribution < -0.4 is 4.90 Å². The second-order valence-corrected chi connectivity index (χ2v) is 5.53. The van der Waals surface area contributed by atoms with Crippen molar-refractivity contribution in [1.82, 2.24) is 0 Å². The molecule has 3 heteroatoms. The van der Waals surface area contributed by atoms with Crippen molar-refractivity contribution in [3.63, 3.8) is 0 Å². The van der Waals surface area contributed by atoms with Gasteiger partial charge in [-0.2, -0.15) is 0 Å². The molecule has 1 heterocycles. The van der Waals surface area contributed by atoms with Crippen LogP contribution in [0.25, 0.3) is 0 Å². The number of nitrogens with zero attached hydrogens (tertiary/aromatic N) is 1. The molecule has 0 radical (unpaired) electrons. The number of aryl methyl sites for hydroxylation is 1. The van der Waals surface area contributed by atoms with E-state index in [0.717, 1.165) is 36.9 Å². The van der Waals surface area contributed by atoms with Crippen LogP contribution in [0.4, 0.5) is 5.69 Å². The van der Waals surface area contributed by atoms with E-state index in [1.165, 1.54) is 4.90 Å². The number of hydrogen-bond donors (Lipinski definition) is 0. The first-order valence-electron chi connectivity index (χ1n) is 6.56. The van der Waals surface area contributed by atoms with Crippen molar-refractivity contribution >= 4 is 17.5 Å². The van der Waals surface area contributed by atoms with Crippen molar-refractivity contribution in [2.45, 2.75) is 39.0 Å². The van der Waals surface area contributed by atoms with E-state index in [9.17, 15) is 9.59 Å². The molecule has 0 bridgehead atoms. The summed E-state index contributed by atoms with van der Waals surface area (Å²) < 4.78 is 0. The minimum absolute atomic E-state index is 0.0221. The van der Waals surface area contributed by atoms with Crippen LogP contribution in [0.1, 0.15) is 37.7 Å². The lowest BCUT2D eigenvalue weighted by Crippen LogP contribution is -2.34. The van der Waals surface area contributed by atoms with Crippen LogP contribution in [0.15, 0.2) is 24.3 Å². The van der Waals surface area contributed by atoms with Crippen molar-refractivity contribution in [3.05, 3.63) is 29.8 Å². The zero-order valence-corrected chi connectivity index (χ0v) is 10.6. The molecule has 0 aromatic heterocycles. The molecule has 1 spiro atoms. The fourth-order valence-corrected chi connectivity index (χ4v) is 3.19. The highest BCUT2D eigenvalue weighted by atomic mass is 16.2. The molecule has 1 aliphatic heterocycles. The Morgan fingerprint density at radius 3 is 2.28 bits per heavy atom. The molecule has 0 N–H and O–H groups in total. The van der Waals surface area contributed by atoms with Gasteiger partial charge in [-0.1, -0.05) is 30.5 Å². The Bertz CT molecular complexity index is 498. The molecule has 3 rings (SSSR count). The average molecular weight is 243 g/mol. The zero-order valence-electron chi connectivity index (χ0n) is 10.6. The maximum atomic E-state index is 12.5. The molecule has 18 heavy (non-hydrogen) atoms. The van der Waals surface area contributed by atoms with E-state index in [1.807, 2.05) is 31.2 Å². The molecule has 2 amide bonds. The molecule has 1 saturated carbocycles. The lowest BCUT2D eigenvalue weighted by atomic mass is 9.84. The molecule has 1 aromatic carbocycles. The zero-order chi connectivity index (χ0) is 12.8. The van der Waals surface area contributed by atoms with Crippen molar-refractivity contribution < 1.29 is 9.59 Å². The third-order valence-electron chi connectivity index (χ3n) is 4.25. The first kappa shape index (κ1) is 11.5. The second-order valence-electron chi connectivity index (χ2n) is 5.53. The highest BCUT2D eigenvalue weighted by Gasteiger charge is 2.52. The molecule has 0 atom stereocenters. The Morgan fingerprint density at radius 2 is 1.67 bits per heavy atom. The summed E-state index contributed by atoms with van der Waals surface area (Å²) in [6.45, 7) is 2.00. The lowest BCUT2D eigenvalue weighted by Gasteiger charge is -2.20. The van der Waals surface area contributed by atoms with E-state index in [0.29, 0.717) is 6.42 Å². The summed E-state index contributed by atoms with van der Waals surface area (Å²) >= 11 is 0. The molecule has 1 aromatic rings. The molecule has 2 fully saturated rings. The average Bonchev–Trinajstić information content (AvgIpc) is 2.89. The summed E-state index contributed by atoms with van der Waals surface area (Å²) in [5, 5.41) is 0. The Balaban J connectivity index is 1.95. The molecule has 1 aliphatic carbocycles. The highest BCUT2D eigenvalue weighted by molar-refractivity contribution is 6.22. The topological polar surface area (TPSA) is 37.4 Å². The number of rotatable bonds is 1. The number of carbonyl (C=O) groups excluding carboxylic acids is 2. The maximum Gasteiger partial charge on any atom is 0.240 e. The number of carbonyl (C=O) groups is 2. The van der Waals surface area contributed by atoms with Gasteiger partial charge in [-0.05, 0) is 31.9 Å². The predicted octanol–water partition coefficient (Wildman–Crippen LogP) is 2.82. The van der Waals surface area contributed by atoms with Crippen LogP contribution in [0.2, 0.25) is 0 Å². The summed E-state index contributed by atoms with van der Waals surface area (Å²) in [7, 11) is 0. The van der Waals surface area contributed by atoms with Crippen molar-refractivity contribution in [3.8, 4) is 0 Å². The smallest absolute Gasteiger partial charge is 0.240 e. The number of imide groups is 1. The third kappa shape index (κ3) is 1.57. The van der Waals surface area contributed by atoms with E-state index in [4.69, 9.17) is 0 Å². The molecule has 0 unspecified atom stereocenters. The normalized spacial score (nSPS) is 22.2. The van der Waals surface area contributed by atoms with Gasteiger partial charge in [0.1, 0.15) is 0 Å². The standard InChI is InChI=1S/C15H17NO2/c1-11-4-6-12(7-5-11)16-13(17)10-15(14(16)18)8-2-3-9-15/h4-7H,2-3,8-10H2,1H3. The molecular formula is C15H17NO2. The van der Waals surface area contributed by atoms with Gasteiger partial charge in [-0.25, -0.2) is 0 Å². The number of amides is 2. The minimum atomic E-state index is -0.373. The van der Waals surface area contributed by atoms with Gasteiger partial charge < -0.3 is 0 Å². The van der Waals surface area contributed by atoms with Gasteiger partial charge in [0.2, 0.25) is 11.8 Å². The molecule has 1 saturated heterocycles. The van der Waals surface area contributed by atoms with E-state index >= 15 is 0 Å². The van der Waals surface area contributed by atoms with Crippen LogP contribution in [-0.2, 0) is 9.59 Å². The third-order valence-corrected chi connectivity index (χ3v) is 4.25. The Morgan fingerprint density at radius 1 is 1.06 bits per heavy atom. The lowest BCUT2D eigenvalue weighted by molar-refractivity contribution is -0.125. The van der Waals surface area contributed by atoms with E-state index in [-0.39, 0.29) is 17.2 Å². The predicted molar refractivity (Wildman–Crippen MR) is 69.2 cm³/mol. The van der Waals surface area contributed by atoms with Crippen molar-refractivity contribution in [1.29, 1.82) is 0 Å². The van der Waals surface area contributed by atoms with Gasteiger partial charge in [0.05, 0.1) is 11.1 Å². The maximum absolute atomic E-state index is 12.5. The summed E-state index contributed by atoms with van der Waals surface area (Å²) in [5.41, 5.74) is 1.48. The Hall–Kier alpha value is -1.64. The fourth-order valence-electron chi connectivity index (χ4n) is 3.19. The van der Waals surface area contributed by atoms with Crippen molar-refractivity contribution in [2.24, 2.45) is 5.41 Å². The molecule has 2 aliphatic rings. The Labute approximate surface area is 107 Å². The van der Waals surface area contributed by atoms with E-state index in [2.05, 4.69) is 0 Å². The summed E-state index contributed by atoms with van der Waals surface area (Å²) in [6.07, 6.45) is 4.29. The van der Waals surface area contributed by atoms with Crippen LogP contribution in [0.3, 0.4) is 0 Å². The summed E-state index contributed by atoms with van der Waals surface area (Å²) in [5.74, 6) is -0.0143. The Kier molecular flexibility index (Phi) is 2.51.